The van der Waals surface area contributed by atoms with Gasteiger partial charge in [-0.1, -0.05) is 23.7 Å². The zero-order valence-corrected chi connectivity index (χ0v) is 14.6. The lowest BCUT2D eigenvalue weighted by atomic mass is 9.95. The van der Waals surface area contributed by atoms with E-state index >= 15 is 0 Å². The summed E-state index contributed by atoms with van der Waals surface area (Å²) in [7, 11) is 0. The summed E-state index contributed by atoms with van der Waals surface area (Å²) in [5.74, 6) is 0. The lowest BCUT2D eigenvalue weighted by Crippen LogP contribution is -2.32. The van der Waals surface area contributed by atoms with Crippen LogP contribution in [0.15, 0.2) is 24.3 Å². The lowest BCUT2D eigenvalue weighted by Gasteiger charge is -2.15. The van der Waals surface area contributed by atoms with Crippen molar-refractivity contribution in [3.63, 3.8) is 0 Å². The van der Waals surface area contributed by atoms with E-state index in [0.717, 1.165) is 12.8 Å². The minimum Gasteiger partial charge on any atom is -0.336 e. The van der Waals surface area contributed by atoms with E-state index in [2.05, 4.69) is 15.7 Å². The smallest absolute Gasteiger partial charge is 0.336 e. The van der Waals surface area contributed by atoms with Crippen LogP contribution in [0.25, 0.3) is 0 Å². The number of carbonyl (C=O) groups is 1. The number of rotatable bonds is 4. The predicted molar refractivity (Wildman–Crippen MR) is 92.3 cm³/mol. The van der Waals surface area contributed by atoms with Crippen LogP contribution in [0.1, 0.15) is 29.8 Å². The molecule has 2 N–H and O–H groups in total. The van der Waals surface area contributed by atoms with Crippen LogP contribution in [0.2, 0.25) is 5.02 Å². The second-order valence-corrected chi connectivity index (χ2v) is 6.47. The standard InChI is InChI=1S/C17H18ClF3N4O/c18-12-6-2-3-7-13(12)23-16(26)22-9-10-25-14-8-4-1-5-11(14)15(24-25)17(19,20)21/h2-3,6-7H,1,4-5,8-10H2,(H2,22,23,26). The van der Waals surface area contributed by atoms with Crippen molar-refractivity contribution in [2.45, 2.75) is 38.4 Å². The molecule has 140 valence electrons. The molecule has 5 nitrogen and oxygen atoms in total. The van der Waals surface area contributed by atoms with Crippen LogP contribution in [0.5, 0.6) is 0 Å². The van der Waals surface area contributed by atoms with Gasteiger partial charge in [0.15, 0.2) is 5.69 Å². The summed E-state index contributed by atoms with van der Waals surface area (Å²) in [4.78, 5) is 11.9. The SMILES string of the molecule is O=C(NCCn1nc(C(F)(F)F)c2c1CCCC2)Nc1ccccc1Cl. The Morgan fingerprint density at radius 1 is 1.23 bits per heavy atom. The Hall–Kier alpha value is -2.22. The van der Waals surface area contributed by atoms with E-state index in [1.807, 2.05) is 0 Å². The molecule has 0 atom stereocenters. The highest BCUT2D eigenvalue weighted by Gasteiger charge is 2.39. The fourth-order valence-electron chi connectivity index (χ4n) is 3.09. The van der Waals surface area contributed by atoms with Crippen molar-refractivity contribution < 1.29 is 18.0 Å². The van der Waals surface area contributed by atoms with E-state index in [0.29, 0.717) is 34.8 Å². The fourth-order valence-corrected chi connectivity index (χ4v) is 3.27. The van der Waals surface area contributed by atoms with Crippen molar-refractivity contribution in [1.82, 2.24) is 15.1 Å². The van der Waals surface area contributed by atoms with Crippen molar-refractivity contribution >= 4 is 23.3 Å². The van der Waals surface area contributed by atoms with Crippen LogP contribution in [-0.2, 0) is 25.6 Å². The molecular formula is C17H18ClF3N4O. The Morgan fingerprint density at radius 3 is 2.69 bits per heavy atom. The van der Waals surface area contributed by atoms with Crippen LogP contribution in [-0.4, -0.2) is 22.4 Å². The number of anilines is 1. The average Bonchev–Trinajstić information content (AvgIpc) is 2.96. The van der Waals surface area contributed by atoms with Crippen molar-refractivity contribution in [3.8, 4) is 0 Å². The summed E-state index contributed by atoms with van der Waals surface area (Å²) >= 11 is 5.96. The second-order valence-electron chi connectivity index (χ2n) is 6.06. The highest BCUT2D eigenvalue weighted by Crippen LogP contribution is 2.35. The summed E-state index contributed by atoms with van der Waals surface area (Å²) in [6, 6.07) is 6.30. The first kappa shape index (κ1) is 18.6. The number of hydrogen-bond donors (Lipinski definition) is 2. The minimum absolute atomic E-state index is 0.154. The zero-order valence-electron chi connectivity index (χ0n) is 13.9. The molecular weight excluding hydrogens is 369 g/mol. The molecule has 0 aliphatic heterocycles. The van der Waals surface area contributed by atoms with Gasteiger partial charge in [-0.15, -0.1) is 0 Å². The number of para-hydroxylation sites is 1. The Morgan fingerprint density at radius 2 is 1.96 bits per heavy atom. The molecule has 0 spiro atoms. The number of benzene rings is 1. The first-order valence-electron chi connectivity index (χ1n) is 8.31. The number of alkyl halides is 3. The van der Waals surface area contributed by atoms with Crippen LogP contribution in [0.3, 0.4) is 0 Å². The molecule has 0 saturated carbocycles. The number of carbonyl (C=O) groups excluding carboxylic acids is 1. The monoisotopic (exact) mass is 386 g/mol. The molecule has 3 rings (SSSR count). The fraction of sp³-hybridized carbons (Fsp3) is 0.412. The van der Waals surface area contributed by atoms with Crippen molar-refractivity contribution in [2.75, 3.05) is 11.9 Å². The number of nitrogens with one attached hydrogen (secondary N) is 2. The van der Waals surface area contributed by atoms with Gasteiger partial charge in [-0.3, -0.25) is 4.68 Å². The summed E-state index contributed by atoms with van der Waals surface area (Å²) in [5, 5.41) is 9.37. The van der Waals surface area contributed by atoms with E-state index in [-0.39, 0.29) is 13.1 Å². The van der Waals surface area contributed by atoms with Gasteiger partial charge in [0.1, 0.15) is 0 Å². The quantitative estimate of drug-likeness (QED) is 0.825. The van der Waals surface area contributed by atoms with Gasteiger partial charge in [-0.2, -0.15) is 18.3 Å². The molecule has 2 aromatic rings. The van der Waals surface area contributed by atoms with Gasteiger partial charge in [0.2, 0.25) is 0 Å². The Labute approximate surface area is 153 Å². The molecule has 0 unspecified atom stereocenters. The van der Waals surface area contributed by atoms with Crippen molar-refractivity contribution in [3.05, 3.63) is 46.2 Å². The molecule has 2 amide bonds. The molecule has 0 saturated heterocycles. The Bertz CT molecular complexity index is 804. The molecule has 0 fully saturated rings. The molecule has 1 heterocycles. The zero-order chi connectivity index (χ0) is 18.7. The number of nitrogens with zero attached hydrogens (tertiary/aromatic N) is 2. The van der Waals surface area contributed by atoms with Gasteiger partial charge in [0.25, 0.3) is 0 Å². The number of amides is 2. The summed E-state index contributed by atoms with van der Waals surface area (Å²) in [5.41, 5.74) is 0.580. The minimum atomic E-state index is -4.46. The number of hydrogen-bond acceptors (Lipinski definition) is 2. The van der Waals surface area contributed by atoms with E-state index in [1.165, 1.54) is 4.68 Å². The second kappa shape index (κ2) is 7.57. The topological polar surface area (TPSA) is 59.0 Å². The molecule has 9 heteroatoms. The first-order chi connectivity index (χ1) is 12.4. The molecule has 26 heavy (non-hydrogen) atoms. The Balaban J connectivity index is 1.62. The molecule has 0 radical (unpaired) electrons. The third-order valence-corrected chi connectivity index (χ3v) is 4.59. The highest BCUT2D eigenvalue weighted by molar-refractivity contribution is 6.33. The van der Waals surface area contributed by atoms with Gasteiger partial charge >= 0.3 is 12.2 Å². The maximum absolute atomic E-state index is 13.2. The number of urea groups is 1. The van der Waals surface area contributed by atoms with Crippen LogP contribution in [0, 0.1) is 0 Å². The van der Waals surface area contributed by atoms with Gasteiger partial charge < -0.3 is 10.6 Å². The molecule has 1 aromatic heterocycles. The molecule has 1 aromatic carbocycles. The largest absolute Gasteiger partial charge is 0.435 e. The third-order valence-electron chi connectivity index (χ3n) is 4.26. The summed E-state index contributed by atoms with van der Waals surface area (Å²) < 4.78 is 40.8. The lowest BCUT2D eigenvalue weighted by molar-refractivity contribution is -0.142. The van der Waals surface area contributed by atoms with Crippen LogP contribution >= 0.6 is 11.6 Å². The normalized spacial score (nSPS) is 14.0. The van der Waals surface area contributed by atoms with Crippen molar-refractivity contribution in [2.24, 2.45) is 0 Å². The van der Waals surface area contributed by atoms with Gasteiger partial charge in [-0.25, -0.2) is 4.79 Å². The number of fused-ring (bicyclic) bond motifs is 1. The van der Waals surface area contributed by atoms with Gasteiger partial charge in [0, 0.05) is 17.8 Å². The summed E-state index contributed by atoms with van der Waals surface area (Å²) in [6.45, 7) is 0.329. The average molecular weight is 387 g/mol. The van der Waals surface area contributed by atoms with E-state index in [1.54, 1.807) is 24.3 Å². The molecule has 1 aliphatic rings. The Kier molecular flexibility index (Phi) is 5.41. The number of aromatic nitrogens is 2. The first-order valence-corrected chi connectivity index (χ1v) is 8.69. The molecule has 1 aliphatic carbocycles. The van der Waals surface area contributed by atoms with E-state index < -0.39 is 17.9 Å². The predicted octanol–water partition coefficient (Wildman–Crippen LogP) is 4.26. The van der Waals surface area contributed by atoms with Gasteiger partial charge in [-0.05, 0) is 37.8 Å². The van der Waals surface area contributed by atoms with Crippen LogP contribution in [0.4, 0.5) is 23.7 Å². The van der Waals surface area contributed by atoms with E-state index in [9.17, 15) is 18.0 Å². The maximum Gasteiger partial charge on any atom is 0.435 e. The van der Waals surface area contributed by atoms with Crippen LogP contribution < -0.4 is 10.6 Å². The summed E-state index contributed by atoms with van der Waals surface area (Å²) in [6.07, 6.45) is -1.91. The van der Waals surface area contributed by atoms with Gasteiger partial charge in [0.05, 0.1) is 17.3 Å². The highest BCUT2D eigenvalue weighted by atomic mass is 35.5. The van der Waals surface area contributed by atoms with E-state index in [4.69, 9.17) is 11.6 Å². The van der Waals surface area contributed by atoms with Crippen molar-refractivity contribution in [1.29, 1.82) is 0 Å². The molecule has 0 bridgehead atoms. The number of halogens is 4. The third kappa shape index (κ3) is 4.12. The maximum atomic E-state index is 13.2.